The molecule has 0 radical (unpaired) electrons. The molecule has 0 aromatic heterocycles. The van der Waals surface area contributed by atoms with Gasteiger partial charge in [-0.15, -0.1) is 0 Å². The van der Waals surface area contributed by atoms with Crippen LogP contribution in [0.5, 0.6) is 0 Å². The van der Waals surface area contributed by atoms with Crippen molar-refractivity contribution >= 4 is 5.97 Å². The van der Waals surface area contributed by atoms with Gasteiger partial charge in [0.25, 0.3) is 0 Å². The summed E-state index contributed by atoms with van der Waals surface area (Å²) in [4.78, 5) is 11.2. The fourth-order valence-electron chi connectivity index (χ4n) is 1.66. The SMILES string of the molecule is C=C[C@H]1OC(=O)[C@H]2OC(C)(C)O[C@H]21. The minimum Gasteiger partial charge on any atom is -0.453 e. The molecule has 2 heterocycles. The van der Waals surface area contributed by atoms with Gasteiger partial charge in [-0.25, -0.2) is 4.79 Å². The minimum atomic E-state index is -0.698. The highest BCUT2D eigenvalue weighted by Crippen LogP contribution is 2.36. The van der Waals surface area contributed by atoms with E-state index in [1.54, 1.807) is 19.9 Å². The molecule has 2 aliphatic heterocycles. The lowest BCUT2D eigenvalue weighted by molar-refractivity contribution is -0.183. The summed E-state index contributed by atoms with van der Waals surface area (Å²) in [5, 5.41) is 0. The van der Waals surface area contributed by atoms with Crippen molar-refractivity contribution in [1.82, 2.24) is 0 Å². The molecular weight excluding hydrogens is 172 g/mol. The van der Waals surface area contributed by atoms with Crippen molar-refractivity contribution in [3.05, 3.63) is 12.7 Å². The second-order valence-electron chi connectivity index (χ2n) is 3.66. The van der Waals surface area contributed by atoms with Crippen LogP contribution in [0, 0.1) is 0 Å². The highest BCUT2D eigenvalue weighted by Gasteiger charge is 2.54. The largest absolute Gasteiger partial charge is 0.453 e. The van der Waals surface area contributed by atoms with Crippen LogP contribution in [0.3, 0.4) is 0 Å². The lowest BCUT2D eigenvalue weighted by Gasteiger charge is -2.19. The molecular formula is C9H12O4. The van der Waals surface area contributed by atoms with Crippen LogP contribution in [0.1, 0.15) is 13.8 Å². The highest BCUT2D eigenvalue weighted by atomic mass is 16.8. The van der Waals surface area contributed by atoms with Gasteiger partial charge >= 0.3 is 5.97 Å². The van der Waals surface area contributed by atoms with Crippen LogP contribution in [0.25, 0.3) is 0 Å². The number of hydrogen-bond acceptors (Lipinski definition) is 4. The van der Waals surface area contributed by atoms with E-state index in [0.717, 1.165) is 0 Å². The number of hydrogen-bond donors (Lipinski definition) is 0. The third-order valence-corrected chi connectivity index (χ3v) is 2.17. The topological polar surface area (TPSA) is 44.8 Å². The Bertz CT molecular complexity index is 258. The number of rotatable bonds is 1. The average Bonchev–Trinajstić information content (AvgIpc) is 2.47. The van der Waals surface area contributed by atoms with Crippen LogP contribution < -0.4 is 0 Å². The van der Waals surface area contributed by atoms with E-state index in [9.17, 15) is 4.79 Å². The summed E-state index contributed by atoms with van der Waals surface area (Å²) < 4.78 is 15.8. The van der Waals surface area contributed by atoms with Gasteiger partial charge in [0.05, 0.1) is 0 Å². The lowest BCUT2D eigenvalue weighted by Crippen LogP contribution is -2.27. The van der Waals surface area contributed by atoms with E-state index in [0.29, 0.717) is 0 Å². The van der Waals surface area contributed by atoms with E-state index in [-0.39, 0.29) is 18.2 Å². The maximum Gasteiger partial charge on any atom is 0.339 e. The molecule has 13 heavy (non-hydrogen) atoms. The molecule has 0 bridgehead atoms. The molecule has 0 aromatic carbocycles. The summed E-state index contributed by atoms with van der Waals surface area (Å²) in [6.45, 7) is 7.13. The molecule has 0 unspecified atom stereocenters. The van der Waals surface area contributed by atoms with Crippen molar-refractivity contribution in [2.24, 2.45) is 0 Å². The number of esters is 1. The Balaban J connectivity index is 2.22. The van der Waals surface area contributed by atoms with Crippen molar-refractivity contribution in [2.75, 3.05) is 0 Å². The van der Waals surface area contributed by atoms with E-state index in [2.05, 4.69) is 6.58 Å². The number of carbonyl (C=O) groups excluding carboxylic acids is 1. The summed E-state index contributed by atoms with van der Waals surface area (Å²) in [5.74, 6) is -1.06. The second-order valence-corrected chi connectivity index (χ2v) is 3.66. The quantitative estimate of drug-likeness (QED) is 0.442. The molecule has 72 valence electrons. The summed E-state index contributed by atoms with van der Waals surface area (Å²) in [6, 6.07) is 0. The van der Waals surface area contributed by atoms with E-state index < -0.39 is 11.9 Å². The highest BCUT2D eigenvalue weighted by molar-refractivity contribution is 5.79. The second kappa shape index (κ2) is 2.56. The number of cyclic esters (lactones) is 1. The monoisotopic (exact) mass is 184 g/mol. The molecule has 2 aliphatic rings. The van der Waals surface area contributed by atoms with Gasteiger partial charge in [-0.2, -0.15) is 0 Å². The first-order valence-corrected chi connectivity index (χ1v) is 4.22. The first-order chi connectivity index (χ1) is 6.03. The van der Waals surface area contributed by atoms with Crippen molar-refractivity contribution in [3.63, 3.8) is 0 Å². The Hall–Kier alpha value is -0.870. The van der Waals surface area contributed by atoms with E-state index >= 15 is 0 Å². The molecule has 0 aliphatic carbocycles. The fraction of sp³-hybridized carbons (Fsp3) is 0.667. The molecule has 2 saturated heterocycles. The molecule has 4 heteroatoms. The van der Waals surface area contributed by atoms with E-state index in [1.807, 2.05) is 0 Å². The standard InChI is InChI=1S/C9H12O4/c1-4-5-6-7(8(10)11-5)13-9(2,3)12-6/h4-7H,1H2,2-3H3/t5-,6+,7+/m1/s1. The summed E-state index contributed by atoms with van der Waals surface area (Å²) in [7, 11) is 0. The molecule has 0 saturated carbocycles. The molecule has 2 fully saturated rings. The smallest absolute Gasteiger partial charge is 0.339 e. The Kier molecular flexibility index (Phi) is 1.72. The van der Waals surface area contributed by atoms with Crippen molar-refractivity contribution in [2.45, 2.75) is 37.9 Å². The zero-order valence-corrected chi connectivity index (χ0v) is 7.65. The molecule has 3 atom stereocenters. The zero-order chi connectivity index (χ0) is 9.64. The summed E-state index contributed by atoms with van der Waals surface area (Å²) in [5.41, 5.74) is 0. The predicted octanol–water partition coefficient (Wildman–Crippen LogP) is 0.618. The minimum absolute atomic E-state index is 0.333. The Labute approximate surface area is 76.5 Å². The number of ether oxygens (including phenoxy) is 3. The van der Waals surface area contributed by atoms with Crippen molar-refractivity contribution < 1.29 is 19.0 Å². The van der Waals surface area contributed by atoms with Gasteiger partial charge in [-0.1, -0.05) is 6.58 Å². The van der Waals surface area contributed by atoms with Gasteiger partial charge in [0.1, 0.15) is 12.2 Å². The predicted molar refractivity (Wildman–Crippen MR) is 43.9 cm³/mol. The molecule has 0 N–H and O–H groups in total. The first kappa shape index (κ1) is 8.72. The molecule has 0 spiro atoms. The Morgan fingerprint density at radius 1 is 1.46 bits per heavy atom. The number of carbonyl (C=O) groups is 1. The number of fused-ring (bicyclic) bond motifs is 1. The van der Waals surface area contributed by atoms with Crippen LogP contribution in [-0.2, 0) is 19.0 Å². The van der Waals surface area contributed by atoms with E-state index in [1.165, 1.54) is 0 Å². The zero-order valence-electron chi connectivity index (χ0n) is 7.65. The van der Waals surface area contributed by atoms with Gasteiger partial charge in [0.15, 0.2) is 11.9 Å². The Morgan fingerprint density at radius 3 is 2.77 bits per heavy atom. The van der Waals surface area contributed by atoms with Crippen LogP contribution in [0.15, 0.2) is 12.7 Å². The van der Waals surface area contributed by atoms with Crippen LogP contribution >= 0.6 is 0 Å². The normalized spacial score (nSPS) is 41.4. The van der Waals surface area contributed by atoms with E-state index in [4.69, 9.17) is 14.2 Å². The summed E-state index contributed by atoms with van der Waals surface area (Å²) >= 11 is 0. The van der Waals surface area contributed by atoms with Crippen LogP contribution in [-0.4, -0.2) is 30.1 Å². The molecule has 4 nitrogen and oxygen atoms in total. The summed E-state index contributed by atoms with van der Waals surface area (Å²) in [6.07, 6.45) is 0.269. The molecule has 0 amide bonds. The third-order valence-electron chi connectivity index (χ3n) is 2.17. The van der Waals surface area contributed by atoms with Crippen molar-refractivity contribution in [1.29, 1.82) is 0 Å². The van der Waals surface area contributed by atoms with Crippen LogP contribution in [0.4, 0.5) is 0 Å². The fourth-order valence-corrected chi connectivity index (χ4v) is 1.66. The van der Waals surface area contributed by atoms with Gasteiger partial charge < -0.3 is 14.2 Å². The van der Waals surface area contributed by atoms with Gasteiger partial charge in [0, 0.05) is 0 Å². The lowest BCUT2D eigenvalue weighted by atomic mass is 10.1. The molecule has 0 aromatic rings. The third kappa shape index (κ3) is 1.26. The maximum absolute atomic E-state index is 11.2. The van der Waals surface area contributed by atoms with Gasteiger partial charge in [0.2, 0.25) is 0 Å². The van der Waals surface area contributed by atoms with Crippen LogP contribution in [0.2, 0.25) is 0 Å². The Morgan fingerprint density at radius 2 is 2.15 bits per heavy atom. The van der Waals surface area contributed by atoms with Crippen molar-refractivity contribution in [3.8, 4) is 0 Å². The van der Waals surface area contributed by atoms with Gasteiger partial charge in [-0.05, 0) is 19.9 Å². The van der Waals surface area contributed by atoms with Gasteiger partial charge in [-0.3, -0.25) is 0 Å². The first-order valence-electron chi connectivity index (χ1n) is 4.22. The maximum atomic E-state index is 11.2. The molecule has 2 rings (SSSR count). The average molecular weight is 184 g/mol.